The van der Waals surface area contributed by atoms with Gasteiger partial charge in [-0.05, 0) is 41.1 Å². The highest BCUT2D eigenvalue weighted by molar-refractivity contribution is 7.08. The Morgan fingerprint density at radius 2 is 1.77 bits per heavy atom. The van der Waals surface area contributed by atoms with E-state index in [0.717, 1.165) is 32.6 Å². The van der Waals surface area contributed by atoms with Crippen molar-refractivity contribution in [2.75, 3.05) is 31.1 Å². The molecule has 0 saturated carbocycles. The normalized spacial score (nSPS) is 18.2. The molecular formula is C22H24N2OS. The van der Waals surface area contributed by atoms with E-state index in [1.807, 2.05) is 0 Å². The van der Waals surface area contributed by atoms with E-state index in [-0.39, 0.29) is 0 Å². The van der Waals surface area contributed by atoms with Gasteiger partial charge in [-0.15, -0.1) is 0 Å². The fourth-order valence-corrected chi connectivity index (χ4v) is 4.34. The Morgan fingerprint density at radius 3 is 2.50 bits per heavy atom. The summed E-state index contributed by atoms with van der Waals surface area (Å²) < 4.78 is 0. The number of phenolic OH excluding ortho intramolecular Hbond substituents is 1. The number of aromatic hydroxyl groups is 1. The lowest BCUT2D eigenvalue weighted by Crippen LogP contribution is -2.49. The van der Waals surface area contributed by atoms with E-state index in [0.29, 0.717) is 11.8 Å². The van der Waals surface area contributed by atoms with E-state index in [9.17, 15) is 5.11 Å². The van der Waals surface area contributed by atoms with E-state index < -0.39 is 0 Å². The van der Waals surface area contributed by atoms with Crippen LogP contribution in [-0.2, 0) is 6.42 Å². The summed E-state index contributed by atoms with van der Waals surface area (Å²) in [6.45, 7) is 4.19. The number of piperazine rings is 1. The first-order chi connectivity index (χ1) is 12.8. The van der Waals surface area contributed by atoms with E-state index in [1.54, 1.807) is 23.5 Å². The van der Waals surface area contributed by atoms with Gasteiger partial charge in [0.25, 0.3) is 0 Å². The van der Waals surface area contributed by atoms with E-state index in [4.69, 9.17) is 0 Å². The molecule has 1 aromatic heterocycles. The third kappa shape index (κ3) is 3.92. The van der Waals surface area contributed by atoms with Crippen LogP contribution in [0, 0.1) is 0 Å². The molecular weight excluding hydrogens is 340 g/mol. The van der Waals surface area contributed by atoms with Crippen molar-refractivity contribution in [1.82, 2.24) is 4.90 Å². The summed E-state index contributed by atoms with van der Waals surface area (Å²) in [5.74, 6) is 0.326. The van der Waals surface area contributed by atoms with Gasteiger partial charge in [0.15, 0.2) is 0 Å². The topological polar surface area (TPSA) is 26.7 Å². The van der Waals surface area contributed by atoms with Crippen molar-refractivity contribution in [3.8, 4) is 5.75 Å². The van der Waals surface area contributed by atoms with Crippen molar-refractivity contribution < 1.29 is 5.11 Å². The third-order valence-electron chi connectivity index (χ3n) is 5.14. The van der Waals surface area contributed by atoms with E-state index >= 15 is 0 Å². The molecule has 1 atom stereocenters. The second-order valence-electron chi connectivity index (χ2n) is 6.82. The van der Waals surface area contributed by atoms with Crippen LogP contribution in [-0.4, -0.2) is 36.2 Å². The lowest BCUT2D eigenvalue weighted by molar-refractivity contribution is 0.226. The smallest absolute Gasteiger partial charge is 0.115 e. The number of nitrogens with zero attached hydrogens (tertiary/aromatic N) is 2. The molecule has 2 aromatic carbocycles. The highest BCUT2D eigenvalue weighted by Gasteiger charge is 2.28. The first-order valence-electron chi connectivity index (χ1n) is 9.13. The molecule has 3 nitrogen and oxygen atoms in total. The third-order valence-corrected chi connectivity index (χ3v) is 5.81. The Hall–Kier alpha value is -2.30. The lowest BCUT2D eigenvalue weighted by atomic mass is 10.0. The number of anilines is 1. The van der Waals surface area contributed by atoms with Gasteiger partial charge >= 0.3 is 0 Å². The van der Waals surface area contributed by atoms with E-state index in [1.165, 1.54) is 16.8 Å². The van der Waals surface area contributed by atoms with Gasteiger partial charge in [0, 0.05) is 37.2 Å². The zero-order valence-corrected chi connectivity index (χ0v) is 15.6. The summed E-state index contributed by atoms with van der Waals surface area (Å²) in [5, 5.41) is 14.0. The summed E-state index contributed by atoms with van der Waals surface area (Å²) in [4.78, 5) is 5.06. The molecule has 0 radical (unpaired) electrons. The molecule has 0 aliphatic carbocycles. The predicted molar refractivity (Wildman–Crippen MR) is 109 cm³/mol. The molecule has 4 rings (SSSR count). The average molecular weight is 365 g/mol. The summed E-state index contributed by atoms with van der Waals surface area (Å²) in [6.07, 6.45) is 1.08. The molecule has 1 saturated heterocycles. The minimum absolute atomic E-state index is 0.315. The molecule has 1 aliphatic rings. The van der Waals surface area contributed by atoms with Crippen LogP contribution in [0.4, 0.5) is 5.69 Å². The Kier molecular flexibility index (Phi) is 5.23. The molecule has 4 heteroatoms. The molecule has 1 N–H and O–H groups in total. The van der Waals surface area contributed by atoms with Crippen molar-refractivity contribution in [1.29, 1.82) is 0 Å². The molecule has 1 fully saturated rings. The van der Waals surface area contributed by atoms with Gasteiger partial charge in [-0.1, -0.05) is 42.5 Å². The highest BCUT2D eigenvalue weighted by atomic mass is 32.1. The molecule has 26 heavy (non-hydrogen) atoms. The largest absolute Gasteiger partial charge is 0.508 e. The highest BCUT2D eigenvalue weighted by Crippen LogP contribution is 2.32. The minimum atomic E-state index is 0.315. The number of hydrogen-bond acceptors (Lipinski definition) is 4. The van der Waals surface area contributed by atoms with Gasteiger partial charge in [-0.25, -0.2) is 0 Å². The standard InChI is InChI=1S/C22H24N2OS/c25-21-8-6-19(7-9-21)22-16-23(12-10-18-4-2-1-3-5-18)13-14-24(22)20-11-15-26-17-20/h1-9,11,15,17,22,25H,10,12-14,16H2. The second kappa shape index (κ2) is 7.94. The zero-order chi connectivity index (χ0) is 17.8. The number of rotatable bonds is 5. The molecule has 3 aromatic rings. The Morgan fingerprint density at radius 1 is 0.962 bits per heavy atom. The fourth-order valence-electron chi connectivity index (χ4n) is 3.69. The molecule has 134 valence electrons. The number of thiophene rings is 1. The van der Waals surface area contributed by atoms with Gasteiger partial charge in [-0.3, -0.25) is 4.90 Å². The van der Waals surface area contributed by atoms with Gasteiger partial charge in [0.2, 0.25) is 0 Å². The van der Waals surface area contributed by atoms with Crippen molar-refractivity contribution in [3.05, 3.63) is 82.6 Å². The van der Waals surface area contributed by atoms with Crippen LogP contribution in [0.2, 0.25) is 0 Å². The first kappa shape index (κ1) is 17.1. The first-order valence-corrected chi connectivity index (χ1v) is 10.1. The van der Waals surface area contributed by atoms with Gasteiger partial charge in [0.05, 0.1) is 6.04 Å². The van der Waals surface area contributed by atoms with Gasteiger partial charge < -0.3 is 10.0 Å². The Labute approximate surface area is 159 Å². The maximum Gasteiger partial charge on any atom is 0.115 e. The molecule has 2 heterocycles. The molecule has 1 aliphatic heterocycles. The average Bonchev–Trinajstić information content (AvgIpc) is 3.22. The summed E-state index contributed by atoms with van der Waals surface area (Å²) >= 11 is 1.75. The summed E-state index contributed by atoms with van der Waals surface area (Å²) in [6, 6.07) is 20.9. The van der Waals surface area contributed by atoms with Crippen molar-refractivity contribution in [2.24, 2.45) is 0 Å². The SMILES string of the molecule is Oc1ccc(C2CN(CCc3ccccc3)CCN2c2ccsc2)cc1. The minimum Gasteiger partial charge on any atom is -0.508 e. The monoisotopic (exact) mass is 364 g/mol. The second-order valence-corrected chi connectivity index (χ2v) is 7.60. The van der Waals surface area contributed by atoms with Crippen LogP contribution < -0.4 is 4.90 Å². The van der Waals surface area contributed by atoms with Crippen LogP contribution in [0.25, 0.3) is 0 Å². The van der Waals surface area contributed by atoms with Crippen LogP contribution in [0.1, 0.15) is 17.2 Å². The summed E-state index contributed by atoms with van der Waals surface area (Å²) in [5.41, 5.74) is 3.96. The number of phenols is 1. The Balaban J connectivity index is 1.50. The van der Waals surface area contributed by atoms with Crippen LogP contribution in [0.15, 0.2) is 71.4 Å². The fraction of sp³-hybridized carbons (Fsp3) is 0.273. The van der Waals surface area contributed by atoms with E-state index in [2.05, 4.69) is 69.1 Å². The molecule has 0 bridgehead atoms. The van der Waals surface area contributed by atoms with Crippen LogP contribution in [0.5, 0.6) is 5.75 Å². The quantitative estimate of drug-likeness (QED) is 0.719. The number of benzene rings is 2. The van der Waals surface area contributed by atoms with Crippen molar-refractivity contribution in [3.63, 3.8) is 0 Å². The maximum absolute atomic E-state index is 9.64. The maximum atomic E-state index is 9.64. The lowest BCUT2D eigenvalue weighted by Gasteiger charge is -2.42. The van der Waals surface area contributed by atoms with Crippen molar-refractivity contribution in [2.45, 2.75) is 12.5 Å². The summed E-state index contributed by atoms with van der Waals surface area (Å²) in [7, 11) is 0. The number of hydrogen-bond donors (Lipinski definition) is 1. The van der Waals surface area contributed by atoms with Gasteiger partial charge in [0.1, 0.15) is 5.75 Å². The molecule has 0 amide bonds. The zero-order valence-electron chi connectivity index (χ0n) is 14.8. The van der Waals surface area contributed by atoms with Crippen LogP contribution in [0.3, 0.4) is 0 Å². The van der Waals surface area contributed by atoms with Crippen LogP contribution >= 0.6 is 11.3 Å². The molecule has 1 unspecified atom stereocenters. The Bertz CT molecular complexity index is 802. The predicted octanol–water partition coefficient (Wildman–Crippen LogP) is 4.56. The van der Waals surface area contributed by atoms with Gasteiger partial charge in [-0.2, -0.15) is 11.3 Å². The molecule has 0 spiro atoms. The van der Waals surface area contributed by atoms with Crippen molar-refractivity contribution >= 4 is 17.0 Å².